The molecular weight excluding hydrogens is 551 g/mol. The first-order valence-electron chi connectivity index (χ1n) is 13.5. The number of aliphatic hydroxyl groups excluding tert-OH is 1. The van der Waals surface area contributed by atoms with Crippen LogP contribution in [0.3, 0.4) is 0 Å². The van der Waals surface area contributed by atoms with Gasteiger partial charge in [0, 0.05) is 18.9 Å². The topological polar surface area (TPSA) is 191 Å². The Bertz CT molecular complexity index is 1180. The highest BCUT2D eigenvalue weighted by molar-refractivity contribution is 7.91. The first-order chi connectivity index (χ1) is 18.8. The number of hydrogen-bond acceptors (Lipinski definition) is 8. The summed E-state index contributed by atoms with van der Waals surface area (Å²) in [6.45, 7) is 2.12. The van der Waals surface area contributed by atoms with Crippen LogP contribution < -0.4 is 15.4 Å². The summed E-state index contributed by atoms with van der Waals surface area (Å²) in [6.07, 6.45) is 1.05. The summed E-state index contributed by atoms with van der Waals surface area (Å²) in [5.41, 5.74) is -1.65. The third-order valence-electron chi connectivity index (χ3n) is 8.31. The number of aliphatic hydroxyl groups is 1. The van der Waals surface area contributed by atoms with Crippen molar-refractivity contribution in [2.75, 3.05) is 13.2 Å². The summed E-state index contributed by atoms with van der Waals surface area (Å²) in [4.78, 5) is 53.2. The molecule has 224 valence electrons. The number of sulfonamides is 1. The van der Waals surface area contributed by atoms with E-state index in [9.17, 15) is 42.2 Å². The van der Waals surface area contributed by atoms with Crippen LogP contribution in [0.25, 0.3) is 0 Å². The Labute approximate surface area is 231 Å². The van der Waals surface area contributed by atoms with Crippen molar-refractivity contribution in [1.82, 2.24) is 20.3 Å². The summed E-state index contributed by atoms with van der Waals surface area (Å²) in [5, 5.41) is 24.6. The fourth-order valence-electron chi connectivity index (χ4n) is 5.52. The Hall–Kier alpha value is -2.78. The molecule has 2 heterocycles. The normalized spacial score (nSPS) is 36.6. The SMILES string of the molecule is CC[C@@H]1O[C@H](C)CC/C=C\[C@@H]2C[C@@]2(C(=O)NS(=O)(=O)C2(CF)CC2)NC(=O)[C@@H]2C[C@@H](O)CN2C(=O)[C@H]1NC(=O)O. The number of fused-ring (bicyclic) bond motifs is 2. The highest BCUT2D eigenvalue weighted by Crippen LogP contribution is 2.47. The number of alkyl halides is 1. The molecule has 40 heavy (non-hydrogen) atoms. The number of carboxylic acid groups (broad SMARTS) is 1. The Kier molecular flexibility index (Phi) is 8.48. The summed E-state index contributed by atoms with van der Waals surface area (Å²) in [5.74, 6) is -3.12. The molecule has 2 aliphatic carbocycles. The third-order valence-corrected chi connectivity index (χ3v) is 10.4. The molecule has 0 radical (unpaired) electrons. The number of nitrogens with one attached hydrogen (secondary N) is 3. The molecule has 0 aromatic rings. The van der Waals surface area contributed by atoms with Gasteiger partial charge >= 0.3 is 6.09 Å². The molecule has 4 rings (SSSR count). The second-order valence-electron chi connectivity index (χ2n) is 11.2. The van der Waals surface area contributed by atoms with Crippen LogP contribution in [0.2, 0.25) is 0 Å². The number of carbonyl (C=O) groups is 4. The van der Waals surface area contributed by atoms with E-state index in [1.807, 2.05) is 4.72 Å². The van der Waals surface area contributed by atoms with Gasteiger partial charge in [-0.1, -0.05) is 19.1 Å². The summed E-state index contributed by atoms with van der Waals surface area (Å²) >= 11 is 0. The maximum absolute atomic E-state index is 13.6. The van der Waals surface area contributed by atoms with Gasteiger partial charge in [-0.15, -0.1) is 0 Å². The molecule has 2 aliphatic heterocycles. The predicted molar refractivity (Wildman–Crippen MR) is 138 cm³/mol. The molecule has 0 spiro atoms. The van der Waals surface area contributed by atoms with Crippen LogP contribution in [0.15, 0.2) is 12.2 Å². The molecule has 0 bridgehead atoms. The van der Waals surface area contributed by atoms with Gasteiger partial charge in [0.15, 0.2) is 0 Å². The van der Waals surface area contributed by atoms with Crippen molar-refractivity contribution < 1.29 is 46.9 Å². The molecule has 0 aromatic carbocycles. The van der Waals surface area contributed by atoms with E-state index >= 15 is 0 Å². The largest absolute Gasteiger partial charge is 0.465 e. The lowest BCUT2D eigenvalue weighted by Gasteiger charge is -2.33. The zero-order valence-corrected chi connectivity index (χ0v) is 23.3. The Balaban J connectivity index is 1.65. The van der Waals surface area contributed by atoms with Gasteiger partial charge in [-0.2, -0.15) is 0 Å². The number of halogens is 1. The summed E-state index contributed by atoms with van der Waals surface area (Å²) in [7, 11) is -4.35. The average Bonchev–Trinajstić information content (AvgIpc) is 3.79. The monoisotopic (exact) mass is 588 g/mol. The van der Waals surface area contributed by atoms with Crippen molar-refractivity contribution in [2.24, 2.45) is 5.92 Å². The summed E-state index contributed by atoms with van der Waals surface area (Å²) < 4.78 is 45.4. The van der Waals surface area contributed by atoms with Gasteiger partial charge in [-0.05, 0) is 45.4 Å². The zero-order chi connectivity index (χ0) is 29.5. The fourth-order valence-corrected chi connectivity index (χ4v) is 6.95. The molecule has 2 saturated carbocycles. The van der Waals surface area contributed by atoms with Crippen molar-refractivity contribution in [3.8, 4) is 0 Å². The van der Waals surface area contributed by atoms with Crippen molar-refractivity contribution in [1.29, 1.82) is 0 Å². The minimum Gasteiger partial charge on any atom is -0.465 e. The molecule has 3 fully saturated rings. The molecule has 0 aromatic heterocycles. The van der Waals surface area contributed by atoms with Crippen LogP contribution in [-0.4, -0.2) is 101 Å². The minimum atomic E-state index is -4.35. The Morgan fingerprint density at radius 2 is 2.00 bits per heavy atom. The number of nitrogens with zero attached hydrogens (tertiary/aromatic N) is 1. The van der Waals surface area contributed by atoms with Gasteiger partial charge < -0.3 is 30.5 Å². The molecule has 7 atom stereocenters. The van der Waals surface area contributed by atoms with Crippen LogP contribution in [0, 0.1) is 5.92 Å². The standard InChI is InChI=1S/C25H37FN4O9S/c1-3-18-19(27-23(35)36)21(33)30-12-16(31)10-17(30)20(32)28-25(11-15(25)7-5-4-6-14(2)39-18)22(34)29-40(37,38)24(13-26)8-9-24/h5,7,14-19,27,31H,3-4,6,8-13H2,1-2H3,(H,28,32)(H,29,34)(H,35,36)/b7-5-/t14-,15-,16-,17+,18+,19+,25-/m1/s1. The molecule has 15 heteroatoms. The van der Waals surface area contributed by atoms with E-state index in [0.717, 1.165) is 4.90 Å². The van der Waals surface area contributed by atoms with Crippen molar-refractivity contribution in [2.45, 2.75) is 99.5 Å². The highest BCUT2D eigenvalue weighted by Gasteiger charge is 2.64. The van der Waals surface area contributed by atoms with Crippen LogP contribution >= 0.6 is 0 Å². The van der Waals surface area contributed by atoms with Gasteiger partial charge in [-0.3, -0.25) is 19.1 Å². The van der Waals surface area contributed by atoms with Gasteiger partial charge in [-0.25, -0.2) is 17.6 Å². The molecule has 5 N–H and O–H groups in total. The predicted octanol–water partition coefficient (Wildman–Crippen LogP) is -0.0589. The highest BCUT2D eigenvalue weighted by atomic mass is 32.2. The lowest BCUT2D eigenvalue weighted by molar-refractivity contribution is -0.145. The van der Waals surface area contributed by atoms with E-state index in [1.165, 1.54) is 0 Å². The van der Waals surface area contributed by atoms with Crippen LogP contribution in [0.5, 0.6) is 0 Å². The van der Waals surface area contributed by atoms with Crippen LogP contribution in [-0.2, 0) is 29.1 Å². The molecule has 4 aliphatic rings. The van der Waals surface area contributed by atoms with Gasteiger partial charge in [0.1, 0.15) is 29.0 Å². The van der Waals surface area contributed by atoms with E-state index in [4.69, 9.17) is 4.74 Å². The zero-order valence-electron chi connectivity index (χ0n) is 22.5. The molecule has 13 nitrogen and oxygen atoms in total. The number of rotatable bonds is 6. The smallest absolute Gasteiger partial charge is 0.405 e. The molecule has 4 amide bonds. The van der Waals surface area contributed by atoms with E-state index in [-0.39, 0.29) is 44.8 Å². The Morgan fingerprint density at radius 1 is 1.30 bits per heavy atom. The number of ether oxygens (including phenoxy) is 1. The van der Waals surface area contributed by atoms with Gasteiger partial charge in [0.05, 0.1) is 18.3 Å². The Morgan fingerprint density at radius 3 is 2.60 bits per heavy atom. The molecule has 0 unspecified atom stereocenters. The van der Waals surface area contributed by atoms with Gasteiger partial charge in [0.25, 0.3) is 5.91 Å². The summed E-state index contributed by atoms with van der Waals surface area (Å²) in [6, 6.07) is -2.62. The van der Waals surface area contributed by atoms with Crippen LogP contribution in [0.1, 0.15) is 58.8 Å². The second-order valence-corrected chi connectivity index (χ2v) is 13.3. The van der Waals surface area contributed by atoms with E-state index < -0.39 is 81.0 Å². The first kappa shape index (κ1) is 30.2. The maximum atomic E-state index is 13.6. The average molecular weight is 589 g/mol. The van der Waals surface area contributed by atoms with E-state index in [1.54, 1.807) is 26.0 Å². The van der Waals surface area contributed by atoms with Crippen molar-refractivity contribution >= 4 is 33.8 Å². The van der Waals surface area contributed by atoms with Crippen LogP contribution in [0.4, 0.5) is 9.18 Å². The number of carbonyl (C=O) groups excluding carboxylic acids is 3. The minimum absolute atomic E-state index is 0.0790. The van der Waals surface area contributed by atoms with Crippen molar-refractivity contribution in [3.05, 3.63) is 12.2 Å². The number of hydrogen-bond donors (Lipinski definition) is 5. The van der Waals surface area contributed by atoms with Crippen molar-refractivity contribution in [3.63, 3.8) is 0 Å². The number of allylic oxidation sites excluding steroid dienone is 1. The molecular formula is C25H37FN4O9S. The molecule has 1 saturated heterocycles. The van der Waals surface area contributed by atoms with E-state index in [0.29, 0.717) is 12.8 Å². The number of amides is 4. The second kappa shape index (κ2) is 11.2. The first-order valence-corrected chi connectivity index (χ1v) is 15.0. The van der Waals surface area contributed by atoms with Gasteiger partial charge in [0.2, 0.25) is 21.8 Å². The lowest BCUT2D eigenvalue weighted by atomic mass is 10.0. The fraction of sp³-hybridized carbons (Fsp3) is 0.760. The maximum Gasteiger partial charge on any atom is 0.405 e. The lowest BCUT2D eigenvalue weighted by Crippen LogP contribution is -2.60. The van der Waals surface area contributed by atoms with E-state index in [2.05, 4.69) is 10.6 Å². The quantitative estimate of drug-likeness (QED) is 0.265. The third kappa shape index (κ3) is 5.81.